The Morgan fingerprint density at radius 3 is 2.35 bits per heavy atom. The average molecular weight is 306 g/mol. The van der Waals surface area contributed by atoms with Gasteiger partial charge in [0.2, 0.25) is 10.0 Å². The highest BCUT2D eigenvalue weighted by Crippen LogP contribution is 2.29. The minimum Gasteiger partial charge on any atom is -0.465 e. The summed E-state index contributed by atoms with van der Waals surface area (Å²) < 4.78 is 25.4. The number of piperidine rings is 1. The zero-order valence-electron chi connectivity index (χ0n) is 13.0. The van der Waals surface area contributed by atoms with Crippen molar-refractivity contribution in [1.82, 2.24) is 9.21 Å². The maximum atomic E-state index is 12.0. The van der Waals surface area contributed by atoms with E-state index < -0.39 is 21.7 Å². The van der Waals surface area contributed by atoms with Gasteiger partial charge >= 0.3 is 6.09 Å². The number of rotatable bonds is 3. The standard InChI is InChI=1S/C13H26N2O4S/c1-6-20(18,19)14-8-7-10(2)11(9-14)15(12(16)17)13(3,4)5/h10-11H,6-9H2,1-5H3,(H,16,17)/t10-,11+/m1/s1. The van der Waals surface area contributed by atoms with Gasteiger partial charge in [-0.1, -0.05) is 6.92 Å². The molecule has 1 amide bonds. The van der Waals surface area contributed by atoms with Crippen LogP contribution in [0.15, 0.2) is 0 Å². The molecule has 20 heavy (non-hydrogen) atoms. The van der Waals surface area contributed by atoms with Crippen LogP contribution >= 0.6 is 0 Å². The van der Waals surface area contributed by atoms with E-state index in [4.69, 9.17) is 0 Å². The third kappa shape index (κ3) is 3.63. The van der Waals surface area contributed by atoms with Crippen molar-refractivity contribution in [2.45, 2.75) is 52.6 Å². The molecule has 1 fully saturated rings. The highest BCUT2D eigenvalue weighted by molar-refractivity contribution is 7.89. The molecule has 0 aliphatic carbocycles. The van der Waals surface area contributed by atoms with Gasteiger partial charge in [0, 0.05) is 18.6 Å². The highest BCUT2D eigenvalue weighted by Gasteiger charge is 2.41. The normalized spacial score (nSPS) is 25.4. The molecule has 1 aliphatic heterocycles. The monoisotopic (exact) mass is 306 g/mol. The van der Waals surface area contributed by atoms with Crippen LogP contribution in [0.3, 0.4) is 0 Å². The molecule has 1 aliphatic rings. The fourth-order valence-electron chi connectivity index (χ4n) is 2.72. The molecule has 1 heterocycles. The summed E-state index contributed by atoms with van der Waals surface area (Å²) in [6.07, 6.45) is -0.311. The van der Waals surface area contributed by atoms with E-state index >= 15 is 0 Å². The molecule has 1 rings (SSSR count). The van der Waals surface area contributed by atoms with Gasteiger partial charge < -0.3 is 5.11 Å². The lowest BCUT2D eigenvalue weighted by Gasteiger charge is -2.46. The maximum Gasteiger partial charge on any atom is 0.408 e. The molecule has 6 nitrogen and oxygen atoms in total. The van der Waals surface area contributed by atoms with Crippen molar-refractivity contribution in [2.24, 2.45) is 5.92 Å². The van der Waals surface area contributed by atoms with Crippen LogP contribution in [0.5, 0.6) is 0 Å². The molecule has 1 saturated heterocycles. The topological polar surface area (TPSA) is 77.9 Å². The SMILES string of the molecule is CCS(=O)(=O)N1CC[C@@H](C)[C@@H](N(C(=O)O)C(C)(C)C)C1. The first-order valence-electron chi connectivity index (χ1n) is 7.00. The van der Waals surface area contributed by atoms with Crippen LogP contribution in [-0.2, 0) is 10.0 Å². The van der Waals surface area contributed by atoms with Gasteiger partial charge in [-0.25, -0.2) is 13.2 Å². The number of nitrogens with zero attached hydrogens (tertiary/aromatic N) is 2. The van der Waals surface area contributed by atoms with Crippen molar-refractivity contribution in [3.8, 4) is 0 Å². The zero-order chi connectivity index (χ0) is 15.7. The summed E-state index contributed by atoms with van der Waals surface area (Å²) in [6, 6.07) is -0.303. The van der Waals surface area contributed by atoms with E-state index in [1.807, 2.05) is 27.7 Å². The minimum atomic E-state index is -3.27. The summed E-state index contributed by atoms with van der Waals surface area (Å²) in [5.74, 6) is 0.199. The van der Waals surface area contributed by atoms with E-state index in [9.17, 15) is 18.3 Å². The molecule has 0 bridgehead atoms. The summed E-state index contributed by atoms with van der Waals surface area (Å²) in [5, 5.41) is 9.48. The van der Waals surface area contributed by atoms with Crippen molar-refractivity contribution in [1.29, 1.82) is 0 Å². The summed E-state index contributed by atoms with van der Waals surface area (Å²) in [5.41, 5.74) is -0.552. The fourth-order valence-corrected chi connectivity index (χ4v) is 3.85. The van der Waals surface area contributed by atoms with Gasteiger partial charge in [0.1, 0.15) is 0 Å². The van der Waals surface area contributed by atoms with Crippen LogP contribution in [0.1, 0.15) is 41.0 Å². The Kier molecular flexibility index (Phi) is 5.08. The summed E-state index contributed by atoms with van der Waals surface area (Å²) in [7, 11) is -3.27. The first-order chi connectivity index (χ1) is 9.00. The van der Waals surface area contributed by atoms with Crippen LogP contribution in [0.2, 0.25) is 0 Å². The van der Waals surface area contributed by atoms with Gasteiger partial charge in [0.15, 0.2) is 0 Å². The lowest BCUT2D eigenvalue weighted by atomic mass is 9.90. The van der Waals surface area contributed by atoms with Crippen LogP contribution in [0, 0.1) is 5.92 Å². The van der Waals surface area contributed by atoms with E-state index in [0.29, 0.717) is 13.0 Å². The highest BCUT2D eigenvalue weighted by atomic mass is 32.2. The number of hydrogen-bond acceptors (Lipinski definition) is 3. The molecule has 1 N–H and O–H groups in total. The molecule has 0 radical (unpaired) electrons. The Morgan fingerprint density at radius 2 is 1.95 bits per heavy atom. The number of carbonyl (C=O) groups is 1. The first kappa shape index (κ1) is 17.2. The molecular formula is C13H26N2O4S. The first-order valence-corrected chi connectivity index (χ1v) is 8.61. The molecule has 0 aromatic carbocycles. The van der Waals surface area contributed by atoms with Crippen molar-refractivity contribution in [3.05, 3.63) is 0 Å². The second-order valence-corrected chi connectivity index (χ2v) is 8.67. The van der Waals surface area contributed by atoms with Gasteiger partial charge in [-0.3, -0.25) is 4.90 Å². The Balaban J connectivity index is 3.05. The molecule has 0 aromatic heterocycles. The third-order valence-corrected chi connectivity index (χ3v) is 5.75. The number of sulfonamides is 1. The minimum absolute atomic E-state index is 0.0523. The lowest BCUT2D eigenvalue weighted by Crippen LogP contribution is -2.60. The van der Waals surface area contributed by atoms with Crippen molar-refractivity contribution in [2.75, 3.05) is 18.8 Å². The van der Waals surface area contributed by atoms with Crippen molar-refractivity contribution < 1.29 is 18.3 Å². The Labute approximate surface area is 121 Å². The van der Waals surface area contributed by atoms with Crippen LogP contribution in [0.25, 0.3) is 0 Å². The largest absolute Gasteiger partial charge is 0.465 e. The molecule has 0 spiro atoms. The summed E-state index contributed by atoms with van der Waals surface area (Å²) >= 11 is 0. The van der Waals surface area contributed by atoms with Gasteiger partial charge in [0.05, 0.1) is 11.8 Å². The van der Waals surface area contributed by atoms with Crippen LogP contribution < -0.4 is 0 Å². The van der Waals surface area contributed by atoms with E-state index in [-0.39, 0.29) is 24.3 Å². The summed E-state index contributed by atoms with van der Waals surface area (Å²) in [4.78, 5) is 13.0. The Morgan fingerprint density at radius 1 is 1.40 bits per heavy atom. The second-order valence-electron chi connectivity index (χ2n) is 6.42. The third-order valence-electron chi connectivity index (χ3n) is 3.90. The molecule has 7 heteroatoms. The molecular weight excluding hydrogens is 280 g/mol. The number of hydrogen-bond donors (Lipinski definition) is 1. The van der Waals surface area contributed by atoms with Crippen molar-refractivity contribution in [3.63, 3.8) is 0 Å². The number of carboxylic acid groups (broad SMARTS) is 1. The average Bonchev–Trinajstić information content (AvgIpc) is 2.29. The Hall–Kier alpha value is -0.820. The second kappa shape index (κ2) is 5.89. The van der Waals surface area contributed by atoms with E-state index in [2.05, 4.69) is 0 Å². The maximum absolute atomic E-state index is 12.0. The number of amides is 1. The fraction of sp³-hybridized carbons (Fsp3) is 0.923. The zero-order valence-corrected chi connectivity index (χ0v) is 13.8. The van der Waals surface area contributed by atoms with Gasteiger partial charge in [0.25, 0.3) is 0 Å². The Bertz CT molecular complexity index is 455. The van der Waals surface area contributed by atoms with E-state index in [1.165, 1.54) is 9.21 Å². The smallest absolute Gasteiger partial charge is 0.408 e. The predicted molar refractivity (Wildman–Crippen MR) is 78.2 cm³/mol. The van der Waals surface area contributed by atoms with E-state index in [1.54, 1.807) is 6.92 Å². The predicted octanol–water partition coefficient (Wildman–Crippen LogP) is 1.82. The van der Waals surface area contributed by atoms with Crippen molar-refractivity contribution >= 4 is 16.1 Å². The molecule has 2 atom stereocenters. The quantitative estimate of drug-likeness (QED) is 0.863. The molecule has 118 valence electrons. The van der Waals surface area contributed by atoms with Gasteiger partial charge in [-0.2, -0.15) is 4.31 Å². The van der Waals surface area contributed by atoms with Gasteiger partial charge in [-0.05, 0) is 40.0 Å². The lowest BCUT2D eigenvalue weighted by molar-refractivity contribution is 0.0288. The van der Waals surface area contributed by atoms with Crippen LogP contribution in [0.4, 0.5) is 4.79 Å². The van der Waals surface area contributed by atoms with E-state index in [0.717, 1.165) is 0 Å². The molecule has 0 saturated carbocycles. The molecule has 0 unspecified atom stereocenters. The van der Waals surface area contributed by atoms with Gasteiger partial charge in [-0.15, -0.1) is 0 Å². The van der Waals surface area contributed by atoms with Crippen LogP contribution in [-0.4, -0.2) is 59.2 Å². The summed E-state index contributed by atoms with van der Waals surface area (Å²) in [6.45, 7) is 9.83. The molecule has 0 aromatic rings.